The molecule has 1 saturated heterocycles. The molecule has 1 saturated carbocycles. The Morgan fingerprint density at radius 3 is 2.41 bits per heavy atom. The van der Waals surface area contributed by atoms with Crippen molar-refractivity contribution in [1.82, 2.24) is 5.32 Å². The molecule has 184 valence electrons. The van der Waals surface area contributed by atoms with Gasteiger partial charge in [-0.25, -0.2) is 0 Å². The zero-order valence-corrected chi connectivity index (χ0v) is 20.7. The van der Waals surface area contributed by atoms with Crippen LogP contribution in [0.3, 0.4) is 0 Å². The lowest BCUT2D eigenvalue weighted by Crippen LogP contribution is -2.66. The number of amides is 1. The quantitative estimate of drug-likeness (QED) is 0.466. The largest absolute Gasteiger partial charge is 0.491 e. The van der Waals surface area contributed by atoms with Crippen LogP contribution < -0.4 is 15.8 Å². The highest BCUT2D eigenvalue weighted by Crippen LogP contribution is 2.61. The number of carbonyl (C=O) groups excluding carboxylic acids is 1. The smallest absolute Gasteiger partial charge is 0.228 e. The van der Waals surface area contributed by atoms with Crippen molar-refractivity contribution in [2.75, 3.05) is 26.4 Å². The summed E-state index contributed by atoms with van der Waals surface area (Å²) in [6.07, 6.45) is 2.34. The third-order valence-electron chi connectivity index (χ3n) is 8.00. The Bertz CT molecular complexity index is 983. The van der Waals surface area contributed by atoms with Crippen LogP contribution in [0.1, 0.15) is 56.1 Å². The molecule has 1 amide bonds. The van der Waals surface area contributed by atoms with E-state index in [9.17, 15) is 4.79 Å². The predicted molar refractivity (Wildman–Crippen MR) is 133 cm³/mol. The maximum absolute atomic E-state index is 13.2. The van der Waals surface area contributed by atoms with Crippen molar-refractivity contribution >= 4 is 17.5 Å². The number of rotatable bonds is 9. The number of halogens is 1. The van der Waals surface area contributed by atoms with Gasteiger partial charge >= 0.3 is 0 Å². The molecule has 2 aromatic carbocycles. The molecule has 2 aliphatic rings. The highest BCUT2D eigenvalue weighted by molar-refractivity contribution is 6.30. The summed E-state index contributed by atoms with van der Waals surface area (Å²) in [4.78, 5) is 13.2. The van der Waals surface area contributed by atoms with E-state index in [1.54, 1.807) is 0 Å². The van der Waals surface area contributed by atoms with E-state index < -0.39 is 11.0 Å². The molecule has 1 heterocycles. The van der Waals surface area contributed by atoms with Crippen LogP contribution in [-0.4, -0.2) is 49.0 Å². The Hall–Kier alpha value is -2.12. The molecule has 1 aliphatic carbocycles. The molecule has 5 atom stereocenters. The maximum atomic E-state index is 13.2. The average molecular weight is 487 g/mol. The van der Waals surface area contributed by atoms with Gasteiger partial charge in [-0.1, -0.05) is 42.8 Å². The van der Waals surface area contributed by atoms with Crippen molar-refractivity contribution in [2.45, 2.75) is 56.5 Å². The first-order chi connectivity index (χ1) is 16.4. The van der Waals surface area contributed by atoms with Crippen LogP contribution in [0.5, 0.6) is 5.75 Å². The fourth-order valence-corrected chi connectivity index (χ4v) is 6.37. The van der Waals surface area contributed by atoms with Crippen molar-refractivity contribution in [2.24, 2.45) is 11.1 Å². The van der Waals surface area contributed by atoms with Gasteiger partial charge in [-0.05, 0) is 67.5 Å². The first-order valence-electron chi connectivity index (χ1n) is 12.1. The Labute approximate surface area is 206 Å². The SMILES string of the molecule is CCC12CCC(c3ccc(OCCOCCO)cc3)[C@H](c3ccc(Cl)cc3)C1(N)C(C)NC2=O. The van der Waals surface area contributed by atoms with E-state index >= 15 is 0 Å². The van der Waals surface area contributed by atoms with Crippen molar-refractivity contribution in [3.8, 4) is 5.75 Å². The minimum atomic E-state index is -0.727. The molecule has 1 aliphatic heterocycles. The van der Waals surface area contributed by atoms with Gasteiger partial charge in [-0.3, -0.25) is 4.79 Å². The second-order valence-corrected chi connectivity index (χ2v) is 9.93. The molecule has 0 aromatic heterocycles. The van der Waals surface area contributed by atoms with E-state index in [0.717, 1.165) is 24.2 Å². The van der Waals surface area contributed by atoms with Crippen LogP contribution in [0, 0.1) is 5.41 Å². The Morgan fingerprint density at radius 1 is 1.09 bits per heavy atom. The summed E-state index contributed by atoms with van der Waals surface area (Å²) in [5.41, 5.74) is 8.32. The molecule has 2 aromatic rings. The second-order valence-electron chi connectivity index (χ2n) is 9.49. The second kappa shape index (κ2) is 10.2. The van der Waals surface area contributed by atoms with E-state index in [1.807, 2.05) is 31.2 Å². The lowest BCUT2D eigenvalue weighted by Gasteiger charge is -2.54. The standard InChI is InChI=1S/C27H35ClN2O4/c1-3-26-13-12-23(19-6-10-22(11-7-19)34-17-16-33-15-14-31)24(20-4-8-21(28)9-5-20)27(26,29)18(2)30-25(26)32/h4-11,18,23-24,31H,3,12-17,29H2,1-2H3,(H,30,32)/t18?,23?,24-,26?,27?/m0/s1. The van der Waals surface area contributed by atoms with Crippen molar-refractivity contribution in [3.63, 3.8) is 0 Å². The fraction of sp³-hybridized carbons (Fsp3) is 0.519. The summed E-state index contributed by atoms with van der Waals surface area (Å²) >= 11 is 6.21. The summed E-state index contributed by atoms with van der Waals surface area (Å²) in [6, 6.07) is 15.9. The van der Waals surface area contributed by atoms with Crippen LogP contribution in [-0.2, 0) is 9.53 Å². The molecule has 4 rings (SSSR count). The van der Waals surface area contributed by atoms with Crippen LogP contribution >= 0.6 is 11.6 Å². The molecule has 2 fully saturated rings. The van der Waals surface area contributed by atoms with Crippen molar-refractivity contribution < 1.29 is 19.4 Å². The summed E-state index contributed by atoms with van der Waals surface area (Å²) in [5, 5.41) is 12.7. The Kier molecular flexibility index (Phi) is 7.53. The fourth-order valence-electron chi connectivity index (χ4n) is 6.24. The number of nitrogens with one attached hydrogen (secondary N) is 1. The number of hydrogen-bond donors (Lipinski definition) is 3. The normalized spacial score (nSPS) is 30.6. The molecule has 4 unspecified atom stereocenters. The van der Waals surface area contributed by atoms with Crippen molar-refractivity contribution in [1.29, 1.82) is 0 Å². The number of benzene rings is 2. The minimum absolute atomic E-state index is 0.00650. The van der Waals surface area contributed by atoms with E-state index in [2.05, 4.69) is 36.5 Å². The van der Waals surface area contributed by atoms with Gasteiger partial charge in [-0.15, -0.1) is 0 Å². The topological polar surface area (TPSA) is 93.8 Å². The number of ether oxygens (including phenoxy) is 2. The first kappa shape index (κ1) is 25.0. The number of nitrogens with two attached hydrogens (primary N) is 1. The van der Waals surface area contributed by atoms with Crippen LogP contribution in [0.25, 0.3) is 0 Å². The van der Waals surface area contributed by atoms with Crippen LogP contribution in [0.15, 0.2) is 48.5 Å². The number of carbonyl (C=O) groups is 1. The molecule has 6 nitrogen and oxygen atoms in total. The van der Waals surface area contributed by atoms with E-state index in [1.165, 1.54) is 5.56 Å². The summed E-state index contributed by atoms with van der Waals surface area (Å²) in [6.45, 7) is 5.29. The van der Waals surface area contributed by atoms with Crippen LogP contribution in [0.4, 0.5) is 0 Å². The highest BCUT2D eigenvalue weighted by Gasteiger charge is 2.67. The number of fused-ring (bicyclic) bond motifs is 1. The predicted octanol–water partition coefficient (Wildman–Crippen LogP) is 4.00. The minimum Gasteiger partial charge on any atom is -0.491 e. The summed E-state index contributed by atoms with van der Waals surface area (Å²) in [5.74, 6) is 0.954. The number of aliphatic hydroxyl groups excluding tert-OH is 1. The third-order valence-corrected chi connectivity index (χ3v) is 8.25. The van der Waals surface area contributed by atoms with Crippen molar-refractivity contribution in [3.05, 3.63) is 64.7 Å². The molecular weight excluding hydrogens is 452 g/mol. The molecule has 4 N–H and O–H groups in total. The molecule has 0 radical (unpaired) electrons. The molecule has 7 heteroatoms. The third kappa shape index (κ3) is 4.22. The van der Waals surface area contributed by atoms with E-state index in [4.69, 9.17) is 31.9 Å². The average Bonchev–Trinajstić information content (AvgIpc) is 3.04. The Balaban J connectivity index is 1.65. The monoisotopic (exact) mass is 486 g/mol. The van der Waals surface area contributed by atoms with Crippen LogP contribution in [0.2, 0.25) is 5.02 Å². The summed E-state index contributed by atoms with van der Waals surface area (Å²) < 4.78 is 11.0. The zero-order valence-electron chi connectivity index (χ0n) is 19.9. The van der Waals surface area contributed by atoms with Gasteiger partial charge in [0.2, 0.25) is 5.91 Å². The number of hydrogen-bond acceptors (Lipinski definition) is 5. The zero-order chi connectivity index (χ0) is 24.3. The first-order valence-corrected chi connectivity index (χ1v) is 12.5. The molecule has 0 bridgehead atoms. The lowest BCUT2D eigenvalue weighted by molar-refractivity contribution is -0.132. The van der Waals surface area contributed by atoms with E-state index in [-0.39, 0.29) is 30.4 Å². The van der Waals surface area contributed by atoms with Gasteiger partial charge in [-0.2, -0.15) is 0 Å². The van der Waals surface area contributed by atoms with Gasteiger partial charge in [0.1, 0.15) is 12.4 Å². The Morgan fingerprint density at radius 2 is 1.76 bits per heavy atom. The van der Waals surface area contributed by atoms with Gasteiger partial charge in [0.05, 0.1) is 30.8 Å². The number of aliphatic hydroxyl groups is 1. The molecule has 34 heavy (non-hydrogen) atoms. The molecule has 0 spiro atoms. The maximum Gasteiger partial charge on any atom is 0.228 e. The lowest BCUT2D eigenvalue weighted by atomic mass is 9.50. The summed E-state index contributed by atoms with van der Waals surface area (Å²) in [7, 11) is 0. The highest BCUT2D eigenvalue weighted by atomic mass is 35.5. The van der Waals surface area contributed by atoms with E-state index in [0.29, 0.717) is 31.3 Å². The van der Waals surface area contributed by atoms with Gasteiger partial charge < -0.3 is 25.6 Å². The van der Waals surface area contributed by atoms with Gasteiger partial charge in [0.25, 0.3) is 0 Å². The molecular formula is C27H35ClN2O4. The van der Waals surface area contributed by atoms with Gasteiger partial charge in [0.15, 0.2) is 0 Å². The van der Waals surface area contributed by atoms with Gasteiger partial charge in [0, 0.05) is 17.0 Å².